The molecule has 0 unspecified atom stereocenters. The van der Waals surface area contributed by atoms with Gasteiger partial charge in [-0.15, -0.1) is 0 Å². The van der Waals surface area contributed by atoms with E-state index in [1.165, 1.54) is 6.07 Å². The molecule has 7 nitrogen and oxygen atoms in total. The number of halogens is 1. The number of allylic oxidation sites excluding steroid dienone is 1. The monoisotopic (exact) mass is 568 g/mol. The lowest BCUT2D eigenvalue weighted by molar-refractivity contribution is 0.00751. The summed E-state index contributed by atoms with van der Waals surface area (Å²) in [5, 5.41) is 0. The zero-order valence-electron chi connectivity index (χ0n) is 25.5. The van der Waals surface area contributed by atoms with Gasteiger partial charge in [0.15, 0.2) is 0 Å². The quantitative estimate of drug-likeness (QED) is 0.284. The van der Waals surface area contributed by atoms with Crippen LogP contribution in [0.5, 0.6) is 5.75 Å². The van der Waals surface area contributed by atoms with Crippen molar-refractivity contribution in [3.05, 3.63) is 59.4 Å². The first kappa shape index (κ1) is 32.1. The van der Waals surface area contributed by atoms with Crippen molar-refractivity contribution in [3.8, 4) is 16.9 Å². The number of likely N-dealkylation sites (tertiary alicyclic amines) is 1. The number of amides is 2. The molecule has 0 aromatic heterocycles. The molecule has 1 fully saturated rings. The smallest absolute Gasteiger partial charge is 0.410 e. The molecule has 224 valence electrons. The molecule has 2 aromatic rings. The van der Waals surface area contributed by atoms with Gasteiger partial charge in [0, 0.05) is 50.4 Å². The molecule has 8 heteroatoms. The Morgan fingerprint density at radius 1 is 1.15 bits per heavy atom. The van der Waals surface area contributed by atoms with Gasteiger partial charge in [-0.3, -0.25) is 4.79 Å². The van der Waals surface area contributed by atoms with Crippen LogP contribution in [0.4, 0.5) is 9.18 Å². The standard InChI is InChI=1S/C33H45FN2O5/c1-8-13-24-20-28(26-15-9-10-16-29(26)34)30(40-19-12-18-39-7)21-27(24)31(37)36(23(2)3)25-14-11-17-35(22-25)32(38)41-33(4,5)6/h8-10,13,15-16,20-21,23,25H,11-12,14,17-19,22H2,1-7H3/b13-8+/t25-/m1/s1. The summed E-state index contributed by atoms with van der Waals surface area (Å²) in [6, 6.07) is 9.80. The lowest BCUT2D eigenvalue weighted by atomic mass is 9.95. The van der Waals surface area contributed by atoms with Crippen molar-refractivity contribution in [1.82, 2.24) is 9.80 Å². The van der Waals surface area contributed by atoms with Gasteiger partial charge in [0.2, 0.25) is 0 Å². The normalized spacial score (nSPS) is 15.8. The summed E-state index contributed by atoms with van der Waals surface area (Å²) >= 11 is 0. The molecular formula is C33H45FN2O5. The lowest BCUT2D eigenvalue weighted by Crippen LogP contribution is -2.54. The molecule has 3 rings (SSSR count). The van der Waals surface area contributed by atoms with E-state index in [9.17, 15) is 14.0 Å². The highest BCUT2D eigenvalue weighted by atomic mass is 19.1. The van der Waals surface area contributed by atoms with Gasteiger partial charge in [-0.05, 0) is 78.1 Å². The fraction of sp³-hybridized carbons (Fsp3) is 0.515. The fourth-order valence-electron chi connectivity index (χ4n) is 5.13. The average molecular weight is 569 g/mol. The number of nitrogens with zero attached hydrogens (tertiary/aromatic N) is 2. The van der Waals surface area contributed by atoms with Gasteiger partial charge < -0.3 is 24.0 Å². The minimum Gasteiger partial charge on any atom is -0.493 e. The summed E-state index contributed by atoms with van der Waals surface area (Å²) in [6.45, 7) is 13.2. The Kier molecular flexibility index (Phi) is 11.4. The third-order valence-electron chi connectivity index (χ3n) is 6.88. The number of piperidine rings is 1. The van der Waals surface area contributed by atoms with Crippen LogP contribution < -0.4 is 4.74 Å². The van der Waals surface area contributed by atoms with E-state index in [1.54, 1.807) is 36.3 Å². The largest absolute Gasteiger partial charge is 0.493 e. The Hall–Kier alpha value is -3.39. The summed E-state index contributed by atoms with van der Waals surface area (Å²) in [7, 11) is 1.63. The maximum absolute atomic E-state index is 14.9. The van der Waals surface area contributed by atoms with Crippen molar-refractivity contribution in [1.29, 1.82) is 0 Å². The van der Waals surface area contributed by atoms with Crippen LogP contribution in [0.2, 0.25) is 0 Å². The Morgan fingerprint density at radius 2 is 1.88 bits per heavy atom. The van der Waals surface area contributed by atoms with E-state index in [2.05, 4.69) is 0 Å². The van der Waals surface area contributed by atoms with Gasteiger partial charge in [0.1, 0.15) is 17.2 Å². The minimum atomic E-state index is -0.599. The van der Waals surface area contributed by atoms with Crippen LogP contribution in [0.15, 0.2) is 42.5 Å². The first-order valence-electron chi connectivity index (χ1n) is 14.4. The maximum atomic E-state index is 14.9. The maximum Gasteiger partial charge on any atom is 0.410 e. The van der Waals surface area contributed by atoms with Gasteiger partial charge in [-0.1, -0.05) is 30.4 Å². The Morgan fingerprint density at radius 3 is 2.51 bits per heavy atom. The molecule has 1 saturated heterocycles. The van der Waals surface area contributed by atoms with Gasteiger partial charge in [-0.2, -0.15) is 0 Å². The number of carbonyl (C=O) groups is 2. The van der Waals surface area contributed by atoms with E-state index in [-0.39, 0.29) is 29.9 Å². The van der Waals surface area contributed by atoms with Crippen LogP contribution in [0.1, 0.15) is 76.7 Å². The molecule has 0 saturated carbocycles. The molecule has 1 aliphatic rings. The zero-order chi connectivity index (χ0) is 30.2. The number of hydrogen-bond acceptors (Lipinski definition) is 5. The van der Waals surface area contributed by atoms with E-state index in [0.29, 0.717) is 60.7 Å². The molecule has 0 aliphatic carbocycles. The molecule has 2 aromatic carbocycles. The third-order valence-corrected chi connectivity index (χ3v) is 6.88. The number of rotatable bonds is 10. The predicted octanol–water partition coefficient (Wildman–Crippen LogP) is 7.19. The van der Waals surface area contributed by atoms with E-state index in [4.69, 9.17) is 14.2 Å². The zero-order valence-corrected chi connectivity index (χ0v) is 25.5. The predicted molar refractivity (Wildman–Crippen MR) is 161 cm³/mol. The molecule has 0 bridgehead atoms. The highest BCUT2D eigenvalue weighted by Crippen LogP contribution is 2.36. The SMILES string of the molecule is C/C=C/c1cc(-c2ccccc2F)c(OCCCOC)cc1C(=O)N(C(C)C)[C@@H]1CCCN(C(=O)OC(C)(C)C)C1. The molecule has 1 aliphatic heterocycles. The van der Waals surface area contributed by atoms with E-state index in [0.717, 1.165) is 12.8 Å². The number of hydrogen-bond donors (Lipinski definition) is 0. The summed E-state index contributed by atoms with van der Waals surface area (Å²) in [6.07, 6.45) is 5.54. The van der Waals surface area contributed by atoms with Crippen LogP contribution >= 0.6 is 0 Å². The van der Waals surface area contributed by atoms with Gasteiger partial charge in [0.05, 0.1) is 18.2 Å². The molecule has 2 amide bonds. The van der Waals surface area contributed by atoms with Crippen LogP contribution in [0.25, 0.3) is 17.2 Å². The number of carbonyl (C=O) groups excluding carboxylic acids is 2. The van der Waals surface area contributed by atoms with E-state index >= 15 is 0 Å². The van der Waals surface area contributed by atoms with E-state index in [1.807, 2.05) is 64.7 Å². The summed E-state index contributed by atoms with van der Waals surface area (Å²) in [4.78, 5) is 30.7. The van der Waals surface area contributed by atoms with Crippen molar-refractivity contribution in [2.24, 2.45) is 0 Å². The lowest BCUT2D eigenvalue weighted by Gasteiger charge is -2.41. The molecular weight excluding hydrogens is 523 g/mol. The van der Waals surface area contributed by atoms with Crippen molar-refractivity contribution in [2.45, 2.75) is 78.5 Å². The first-order valence-corrected chi connectivity index (χ1v) is 14.4. The molecule has 1 atom stereocenters. The van der Waals surface area contributed by atoms with Crippen LogP contribution in [0, 0.1) is 5.82 Å². The second-order valence-electron chi connectivity index (χ2n) is 11.6. The van der Waals surface area contributed by atoms with Crippen LogP contribution in [0.3, 0.4) is 0 Å². The van der Waals surface area contributed by atoms with Gasteiger partial charge in [0.25, 0.3) is 5.91 Å². The molecule has 0 radical (unpaired) electrons. The molecule has 0 N–H and O–H groups in total. The average Bonchev–Trinajstić information content (AvgIpc) is 2.91. The first-order chi connectivity index (χ1) is 19.5. The fourth-order valence-corrected chi connectivity index (χ4v) is 5.13. The number of ether oxygens (including phenoxy) is 3. The molecule has 1 heterocycles. The van der Waals surface area contributed by atoms with Gasteiger partial charge >= 0.3 is 6.09 Å². The Labute approximate surface area is 244 Å². The number of benzene rings is 2. The summed E-state index contributed by atoms with van der Waals surface area (Å²) in [5.74, 6) is -0.0931. The molecule has 0 spiro atoms. The van der Waals surface area contributed by atoms with Gasteiger partial charge in [-0.25, -0.2) is 9.18 Å². The second kappa shape index (κ2) is 14.5. The Balaban J connectivity index is 2.03. The van der Waals surface area contributed by atoms with Crippen molar-refractivity contribution >= 4 is 18.1 Å². The molecule has 41 heavy (non-hydrogen) atoms. The topological polar surface area (TPSA) is 68.3 Å². The minimum absolute atomic E-state index is 0.123. The van der Waals surface area contributed by atoms with Crippen molar-refractivity contribution in [3.63, 3.8) is 0 Å². The summed E-state index contributed by atoms with van der Waals surface area (Å²) in [5.41, 5.74) is 1.52. The van der Waals surface area contributed by atoms with Crippen LogP contribution in [-0.4, -0.2) is 72.9 Å². The number of methoxy groups -OCH3 is 1. The Bertz CT molecular complexity index is 1220. The van der Waals surface area contributed by atoms with Crippen LogP contribution in [-0.2, 0) is 9.47 Å². The highest BCUT2D eigenvalue weighted by molar-refractivity contribution is 6.00. The van der Waals surface area contributed by atoms with Crippen molar-refractivity contribution in [2.75, 3.05) is 33.4 Å². The van der Waals surface area contributed by atoms with Crippen molar-refractivity contribution < 1.29 is 28.2 Å². The second-order valence-corrected chi connectivity index (χ2v) is 11.6. The highest BCUT2D eigenvalue weighted by Gasteiger charge is 2.35. The third kappa shape index (κ3) is 8.55. The van der Waals surface area contributed by atoms with E-state index < -0.39 is 5.60 Å². The summed E-state index contributed by atoms with van der Waals surface area (Å²) < 4.78 is 31.9.